The molecule has 0 aromatic heterocycles. The molecule has 3 nitrogen and oxygen atoms in total. The molecule has 0 heterocycles. The van der Waals surface area contributed by atoms with E-state index in [0.29, 0.717) is 12.5 Å². The predicted octanol–water partition coefficient (Wildman–Crippen LogP) is 0.139. The highest BCUT2D eigenvalue weighted by Gasteiger charge is 2.38. The summed E-state index contributed by atoms with van der Waals surface area (Å²) < 4.78 is 0. The Morgan fingerprint density at radius 3 is 2.73 bits per heavy atom. The van der Waals surface area contributed by atoms with Gasteiger partial charge in [-0.3, -0.25) is 4.79 Å². The number of nitrogens with one attached hydrogen (secondary N) is 1. The van der Waals surface area contributed by atoms with Gasteiger partial charge in [-0.15, -0.1) is 0 Å². The average molecular weight is 157 g/mol. The Morgan fingerprint density at radius 1 is 1.82 bits per heavy atom. The third kappa shape index (κ3) is 2.50. The zero-order chi connectivity index (χ0) is 8.43. The first kappa shape index (κ1) is 8.53. The first-order chi connectivity index (χ1) is 5.11. The lowest BCUT2D eigenvalue weighted by atomic mass is 10.3. The van der Waals surface area contributed by atoms with Crippen LogP contribution in [0.2, 0.25) is 0 Å². The molecule has 64 valence electrons. The van der Waals surface area contributed by atoms with Crippen molar-refractivity contribution >= 4 is 5.91 Å². The molecule has 0 aliphatic heterocycles. The highest BCUT2D eigenvalue weighted by Crippen LogP contribution is 2.37. The van der Waals surface area contributed by atoms with E-state index in [1.807, 2.05) is 0 Å². The first-order valence-corrected chi connectivity index (χ1v) is 4.07. The van der Waals surface area contributed by atoms with E-state index in [9.17, 15) is 4.79 Å². The van der Waals surface area contributed by atoms with Crippen molar-refractivity contribution in [3.63, 3.8) is 0 Å². The average Bonchev–Trinajstić information content (AvgIpc) is 2.61. The van der Waals surface area contributed by atoms with Crippen LogP contribution in [0.1, 0.15) is 20.3 Å². The van der Waals surface area contributed by atoms with Gasteiger partial charge in [0.05, 0.1) is 6.10 Å². The summed E-state index contributed by atoms with van der Waals surface area (Å²) in [6.45, 7) is 4.10. The fourth-order valence-electron chi connectivity index (χ4n) is 1.07. The summed E-state index contributed by atoms with van der Waals surface area (Å²) in [4.78, 5) is 11.1. The fourth-order valence-corrected chi connectivity index (χ4v) is 1.07. The first-order valence-electron chi connectivity index (χ1n) is 4.07. The highest BCUT2D eigenvalue weighted by molar-refractivity contribution is 5.81. The summed E-state index contributed by atoms with van der Waals surface area (Å²) in [7, 11) is 0. The van der Waals surface area contributed by atoms with Gasteiger partial charge in [0.15, 0.2) is 0 Å². The summed E-state index contributed by atoms with van der Waals surface area (Å²) in [5, 5.41) is 11.5. The smallest absolute Gasteiger partial charge is 0.223 e. The van der Waals surface area contributed by atoms with Gasteiger partial charge in [-0.25, -0.2) is 0 Å². The fraction of sp³-hybridized carbons (Fsp3) is 0.875. The number of hydrogen-bond acceptors (Lipinski definition) is 2. The van der Waals surface area contributed by atoms with E-state index >= 15 is 0 Å². The molecule has 1 aliphatic carbocycles. The largest absolute Gasteiger partial charge is 0.392 e. The van der Waals surface area contributed by atoms with Crippen molar-refractivity contribution in [2.75, 3.05) is 6.54 Å². The summed E-state index contributed by atoms with van der Waals surface area (Å²) in [5.41, 5.74) is 0. The molecule has 0 spiro atoms. The number of carbonyl (C=O) groups excluding carboxylic acids is 1. The molecule has 0 saturated heterocycles. The van der Waals surface area contributed by atoms with Gasteiger partial charge in [0.1, 0.15) is 0 Å². The minimum absolute atomic E-state index is 0.0957. The van der Waals surface area contributed by atoms with E-state index < -0.39 is 6.10 Å². The number of aliphatic hydroxyl groups excluding tert-OH is 1. The number of carbonyl (C=O) groups is 1. The molecule has 3 heteroatoms. The van der Waals surface area contributed by atoms with Crippen LogP contribution in [0.15, 0.2) is 0 Å². The van der Waals surface area contributed by atoms with Gasteiger partial charge in [0.25, 0.3) is 0 Å². The molecule has 3 atom stereocenters. The number of amides is 1. The summed E-state index contributed by atoms with van der Waals surface area (Å²) >= 11 is 0. The molecule has 0 bridgehead atoms. The molecular formula is C8H15NO2. The molecule has 0 radical (unpaired) electrons. The molecule has 1 amide bonds. The minimum atomic E-state index is -0.437. The molecule has 11 heavy (non-hydrogen) atoms. The quantitative estimate of drug-likeness (QED) is 0.612. The van der Waals surface area contributed by atoms with Gasteiger partial charge in [-0.1, -0.05) is 6.92 Å². The SMILES string of the molecule is C[C@@H]1C[C@H]1C(=O)NC[C@@H](C)O. The number of aliphatic hydroxyl groups is 1. The standard InChI is InChI=1S/C8H15NO2/c1-5-3-7(5)8(11)9-4-6(2)10/h5-7,10H,3-4H2,1-2H3,(H,9,11)/t5-,6-,7-/m1/s1. The maximum absolute atomic E-state index is 11.1. The van der Waals surface area contributed by atoms with Crippen LogP contribution in [0.25, 0.3) is 0 Å². The lowest BCUT2D eigenvalue weighted by molar-refractivity contribution is -0.123. The molecule has 1 aliphatic rings. The minimum Gasteiger partial charge on any atom is -0.392 e. The normalized spacial score (nSPS) is 31.2. The van der Waals surface area contributed by atoms with E-state index in [2.05, 4.69) is 12.2 Å². The zero-order valence-electron chi connectivity index (χ0n) is 7.00. The van der Waals surface area contributed by atoms with Crippen molar-refractivity contribution in [2.24, 2.45) is 11.8 Å². The van der Waals surface area contributed by atoms with Crippen molar-refractivity contribution in [3.05, 3.63) is 0 Å². The van der Waals surface area contributed by atoms with E-state index in [1.54, 1.807) is 6.92 Å². The molecule has 0 unspecified atom stereocenters. The summed E-state index contributed by atoms with van der Waals surface area (Å²) in [6, 6.07) is 0. The third-order valence-corrected chi connectivity index (χ3v) is 2.02. The Morgan fingerprint density at radius 2 is 2.36 bits per heavy atom. The van der Waals surface area contributed by atoms with Crippen molar-refractivity contribution in [3.8, 4) is 0 Å². The van der Waals surface area contributed by atoms with Crippen molar-refractivity contribution < 1.29 is 9.90 Å². The monoisotopic (exact) mass is 157 g/mol. The van der Waals surface area contributed by atoms with Crippen LogP contribution in [0.3, 0.4) is 0 Å². The van der Waals surface area contributed by atoms with Crippen LogP contribution in [0.4, 0.5) is 0 Å². The molecule has 2 N–H and O–H groups in total. The summed E-state index contributed by atoms with van der Waals surface area (Å²) in [6.07, 6.45) is 0.569. The van der Waals surface area contributed by atoms with Gasteiger partial charge in [-0.05, 0) is 19.3 Å². The molecule has 1 rings (SSSR count). The zero-order valence-corrected chi connectivity index (χ0v) is 7.00. The molecule has 1 saturated carbocycles. The van der Waals surface area contributed by atoms with E-state index in [4.69, 9.17) is 5.11 Å². The Bertz CT molecular complexity index is 156. The lowest BCUT2D eigenvalue weighted by Gasteiger charge is -2.05. The maximum Gasteiger partial charge on any atom is 0.223 e. The van der Waals surface area contributed by atoms with Crippen molar-refractivity contribution in [1.82, 2.24) is 5.32 Å². The molecule has 1 fully saturated rings. The Kier molecular flexibility index (Phi) is 2.49. The third-order valence-electron chi connectivity index (χ3n) is 2.02. The molecular weight excluding hydrogens is 142 g/mol. The van der Waals surface area contributed by atoms with Crippen molar-refractivity contribution in [2.45, 2.75) is 26.4 Å². The van der Waals surface area contributed by atoms with Crippen molar-refractivity contribution in [1.29, 1.82) is 0 Å². The second kappa shape index (κ2) is 3.22. The van der Waals surface area contributed by atoms with E-state index in [1.165, 1.54) is 0 Å². The second-order valence-electron chi connectivity index (χ2n) is 3.41. The van der Waals surface area contributed by atoms with Gasteiger partial charge in [-0.2, -0.15) is 0 Å². The second-order valence-corrected chi connectivity index (χ2v) is 3.41. The Labute approximate surface area is 66.8 Å². The van der Waals surface area contributed by atoms with E-state index in [-0.39, 0.29) is 11.8 Å². The van der Waals surface area contributed by atoms with E-state index in [0.717, 1.165) is 6.42 Å². The van der Waals surface area contributed by atoms with Crippen LogP contribution in [0.5, 0.6) is 0 Å². The lowest BCUT2D eigenvalue weighted by Crippen LogP contribution is -2.31. The molecule has 0 aromatic rings. The summed E-state index contributed by atoms with van der Waals surface area (Å²) in [5.74, 6) is 0.858. The number of hydrogen-bond donors (Lipinski definition) is 2. The van der Waals surface area contributed by atoms with Gasteiger partial charge in [0, 0.05) is 12.5 Å². The molecule has 0 aromatic carbocycles. The van der Waals surface area contributed by atoms with Crippen LogP contribution in [-0.2, 0) is 4.79 Å². The Balaban J connectivity index is 2.12. The topological polar surface area (TPSA) is 49.3 Å². The maximum atomic E-state index is 11.1. The van der Waals surface area contributed by atoms with Gasteiger partial charge in [0.2, 0.25) is 5.91 Å². The highest BCUT2D eigenvalue weighted by atomic mass is 16.3. The number of rotatable bonds is 3. The predicted molar refractivity (Wildman–Crippen MR) is 42.0 cm³/mol. The van der Waals surface area contributed by atoms with Crippen LogP contribution in [0, 0.1) is 11.8 Å². The van der Waals surface area contributed by atoms with Crippen LogP contribution in [-0.4, -0.2) is 23.7 Å². The van der Waals surface area contributed by atoms with Crippen LogP contribution >= 0.6 is 0 Å². The Hall–Kier alpha value is -0.570. The van der Waals surface area contributed by atoms with Crippen LogP contribution < -0.4 is 5.32 Å². The van der Waals surface area contributed by atoms with Gasteiger partial charge >= 0.3 is 0 Å². The van der Waals surface area contributed by atoms with Gasteiger partial charge < -0.3 is 10.4 Å².